The Bertz CT molecular complexity index is 295. The fraction of sp³-hybridized carbons (Fsp3) is 0.833. The van der Waals surface area contributed by atoms with Crippen LogP contribution in [-0.4, -0.2) is 54.3 Å². The number of carbonyl (C=O) groups excluding carboxylic acids is 1. The lowest BCUT2D eigenvalue weighted by atomic mass is 10.1. The van der Waals surface area contributed by atoms with Crippen molar-refractivity contribution in [3.63, 3.8) is 0 Å². The van der Waals surface area contributed by atoms with Gasteiger partial charge in [0.1, 0.15) is 5.84 Å². The minimum atomic E-state index is 0.182. The maximum atomic E-state index is 11.7. The van der Waals surface area contributed by atoms with Gasteiger partial charge in [0, 0.05) is 13.6 Å². The molecule has 16 heavy (non-hydrogen) atoms. The van der Waals surface area contributed by atoms with E-state index in [1.807, 2.05) is 6.92 Å². The largest absolute Gasteiger partial charge is 0.304 e. The van der Waals surface area contributed by atoms with Crippen LogP contribution in [0.15, 0.2) is 4.99 Å². The first-order valence-corrected chi connectivity index (χ1v) is 6.20. The number of aliphatic imine (C=N–C) groups is 1. The van der Waals surface area contributed by atoms with Gasteiger partial charge in [-0.15, -0.1) is 0 Å². The van der Waals surface area contributed by atoms with Gasteiger partial charge in [-0.3, -0.25) is 9.79 Å². The van der Waals surface area contributed by atoms with Crippen LogP contribution in [0, 0.1) is 0 Å². The molecule has 90 valence electrons. The van der Waals surface area contributed by atoms with Crippen molar-refractivity contribution in [2.45, 2.75) is 38.6 Å². The molecule has 2 heterocycles. The summed E-state index contributed by atoms with van der Waals surface area (Å²) in [5.74, 6) is 1.06. The van der Waals surface area contributed by atoms with Gasteiger partial charge in [0.05, 0.1) is 12.5 Å². The first-order valence-electron chi connectivity index (χ1n) is 6.20. The van der Waals surface area contributed by atoms with Crippen molar-refractivity contribution in [3.8, 4) is 0 Å². The van der Waals surface area contributed by atoms with Crippen LogP contribution in [0.5, 0.6) is 0 Å². The average Bonchev–Trinajstić information content (AvgIpc) is 2.27. The highest BCUT2D eigenvalue weighted by molar-refractivity contribution is 5.98. The van der Waals surface area contributed by atoms with Crippen molar-refractivity contribution in [3.05, 3.63) is 0 Å². The Morgan fingerprint density at radius 2 is 2.00 bits per heavy atom. The fourth-order valence-corrected chi connectivity index (χ4v) is 2.46. The molecule has 4 heteroatoms. The second-order valence-corrected chi connectivity index (χ2v) is 4.85. The molecular formula is C12H21N3O. The molecule has 1 amide bonds. The third-order valence-electron chi connectivity index (χ3n) is 3.56. The summed E-state index contributed by atoms with van der Waals surface area (Å²) in [6.45, 7) is 5.22. The van der Waals surface area contributed by atoms with E-state index in [1.54, 1.807) is 11.9 Å². The summed E-state index contributed by atoms with van der Waals surface area (Å²) < 4.78 is 0. The SMILES string of the molecule is CC1=NC(CN2CCCCC2)CC(=O)N1C. The van der Waals surface area contributed by atoms with E-state index in [0.717, 1.165) is 12.4 Å². The summed E-state index contributed by atoms with van der Waals surface area (Å²) in [6, 6.07) is 0.182. The molecule has 0 aromatic carbocycles. The normalized spacial score (nSPS) is 28.1. The third kappa shape index (κ3) is 2.61. The fourth-order valence-electron chi connectivity index (χ4n) is 2.46. The number of piperidine rings is 1. The predicted octanol–water partition coefficient (Wildman–Crippen LogP) is 1.12. The van der Waals surface area contributed by atoms with Crippen LogP contribution >= 0.6 is 0 Å². The number of likely N-dealkylation sites (tertiary alicyclic amines) is 1. The zero-order valence-electron chi connectivity index (χ0n) is 10.3. The van der Waals surface area contributed by atoms with E-state index >= 15 is 0 Å². The Labute approximate surface area is 97.3 Å². The smallest absolute Gasteiger partial charge is 0.229 e. The van der Waals surface area contributed by atoms with Crippen LogP contribution in [0.3, 0.4) is 0 Å². The first kappa shape index (κ1) is 11.6. The van der Waals surface area contributed by atoms with Gasteiger partial charge in [-0.05, 0) is 32.9 Å². The highest BCUT2D eigenvalue weighted by Gasteiger charge is 2.25. The Kier molecular flexibility index (Phi) is 3.59. The van der Waals surface area contributed by atoms with Crippen LogP contribution in [0.4, 0.5) is 0 Å². The molecule has 2 aliphatic heterocycles. The summed E-state index contributed by atoms with van der Waals surface area (Å²) in [4.78, 5) is 20.4. The van der Waals surface area contributed by atoms with Gasteiger partial charge in [0.25, 0.3) is 0 Å². The zero-order chi connectivity index (χ0) is 11.5. The minimum absolute atomic E-state index is 0.182. The van der Waals surface area contributed by atoms with Crippen LogP contribution in [0.2, 0.25) is 0 Å². The number of carbonyl (C=O) groups is 1. The maximum absolute atomic E-state index is 11.7. The molecule has 1 atom stereocenters. The summed E-state index contributed by atoms with van der Waals surface area (Å²) >= 11 is 0. The highest BCUT2D eigenvalue weighted by Crippen LogP contribution is 2.15. The zero-order valence-corrected chi connectivity index (χ0v) is 10.3. The molecule has 1 saturated heterocycles. The third-order valence-corrected chi connectivity index (χ3v) is 3.56. The topological polar surface area (TPSA) is 35.9 Å². The molecule has 0 radical (unpaired) electrons. The van der Waals surface area contributed by atoms with Crippen molar-refractivity contribution in [2.75, 3.05) is 26.7 Å². The van der Waals surface area contributed by atoms with Gasteiger partial charge in [-0.25, -0.2) is 0 Å². The van der Waals surface area contributed by atoms with Gasteiger partial charge in [0.15, 0.2) is 0 Å². The van der Waals surface area contributed by atoms with Gasteiger partial charge in [-0.2, -0.15) is 0 Å². The van der Waals surface area contributed by atoms with Crippen molar-refractivity contribution in [2.24, 2.45) is 4.99 Å². The van der Waals surface area contributed by atoms with E-state index in [0.29, 0.717) is 6.42 Å². The molecule has 1 fully saturated rings. The lowest BCUT2D eigenvalue weighted by Gasteiger charge is -2.32. The van der Waals surface area contributed by atoms with Gasteiger partial charge in [0.2, 0.25) is 5.91 Å². The van der Waals surface area contributed by atoms with E-state index in [9.17, 15) is 4.79 Å². The van der Waals surface area contributed by atoms with E-state index in [-0.39, 0.29) is 11.9 Å². The van der Waals surface area contributed by atoms with Crippen molar-refractivity contribution in [1.29, 1.82) is 0 Å². The van der Waals surface area contributed by atoms with E-state index < -0.39 is 0 Å². The maximum Gasteiger partial charge on any atom is 0.229 e. The number of nitrogens with zero attached hydrogens (tertiary/aromatic N) is 3. The second kappa shape index (κ2) is 4.95. The van der Waals surface area contributed by atoms with E-state index in [2.05, 4.69) is 9.89 Å². The minimum Gasteiger partial charge on any atom is -0.304 e. The predicted molar refractivity (Wildman–Crippen MR) is 64.6 cm³/mol. The average molecular weight is 223 g/mol. The molecule has 2 rings (SSSR count). The van der Waals surface area contributed by atoms with Crippen molar-refractivity contribution in [1.82, 2.24) is 9.80 Å². The molecule has 0 N–H and O–H groups in total. The summed E-state index contributed by atoms with van der Waals surface area (Å²) in [6.07, 6.45) is 4.52. The summed E-state index contributed by atoms with van der Waals surface area (Å²) in [5, 5.41) is 0. The van der Waals surface area contributed by atoms with Crippen LogP contribution in [0.25, 0.3) is 0 Å². The first-order chi connectivity index (χ1) is 7.66. The molecule has 0 saturated carbocycles. The van der Waals surface area contributed by atoms with Gasteiger partial charge < -0.3 is 9.80 Å². The quantitative estimate of drug-likeness (QED) is 0.703. The molecule has 4 nitrogen and oxygen atoms in total. The lowest BCUT2D eigenvalue weighted by Crippen LogP contribution is -2.43. The number of rotatable bonds is 2. The Balaban J connectivity index is 1.92. The van der Waals surface area contributed by atoms with E-state index in [1.165, 1.54) is 32.4 Å². The lowest BCUT2D eigenvalue weighted by molar-refractivity contribution is -0.127. The molecule has 1 unspecified atom stereocenters. The summed E-state index contributed by atoms with van der Waals surface area (Å²) in [7, 11) is 1.80. The molecule has 2 aliphatic rings. The molecule has 0 aromatic heterocycles. The highest BCUT2D eigenvalue weighted by atomic mass is 16.2. The van der Waals surface area contributed by atoms with Crippen LogP contribution in [0.1, 0.15) is 32.6 Å². The Morgan fingerprint density at radius 1 is 1.31 bits per heavy atom. The van der Waals surface area contributed by atoms with Crippen LogP contribution in [-0.2, 0) is 4.79 Å². The second-order valence-electron chi connectivity index (χ2n) is 4.85. The van der Waals surface area contributed by atoms with Crippen LogP contribution < -0.4 is 0 Å². The van der Waals surface area contributed by atoms with Gasteiger partial charge in [-0.1, -0.05) is 6.42 Å². The number of hydrogen-bond donors (Lipinski definition) is 0. The summed E-state index contributed by atoms with van der Waals surface area (Å²) in [5.41, 5.74) is 0. The molecule has 0 aromatic rings. The van der Waals surface area contributed by atoms with Crippen molar-refractivity contribution >= 4 is 11.7 Å². The molecular weight excluding hydrogens is 202 g/mol. The van der Waals surface area contributed by atoms with Crippen molar-refractivity contribution < 1.29 is 4.79 Å². The number of amides is 1. The Hall–Kier alpha value is -0.900. The van der Waals surface area contributed by atoms with E-state index in [4.69, 9.17) is 0 Å². The van der Waals surface area contributed by atoms with Gasteiger partial charge >= 0.3 is 0 Å². The standard InChI is InChI=1S/C12H21N3O/c1-10-13-11(8-12(16)14(10)2)9-15-6-4-3-5-7-15/h11H,3-9H2,1-2H3. The molecule has 0 bridgehead atoms. The number of amidine groups is 1. The molecule has 0 spiro atoms. The molecule has 0 aliphatic carbocycles. The number of hydrogen-bond acceptors (Lipinski definition) is 3. The Morgan fingerprint density at radius 3 is 2.62 bits per heavy atom. The monoisotopic (exact) mass is 223 g/mol.